The van der Waals surface area contributed by atoms with Gasteiger partial charge < -0.3 is 4.57 Å². The summed E-state index contributed by atoms with van der Waals surface area (Å²) in [6.45, 7) is 0. The number of benzene rings is 9. The second kappa shape index (κ2) is 15.0. The Morgan fingerprint density at radius 1 is 0.400 bits per heavy atom. The lowest BCUT2D eigenvalue weighted by molar-refractivity contribution is 0.768. The van der Waals surface area contributed by atoms with E-state index in [1.807, 2.05) is 11.3 Å². The molecule has 0 saturated carbocycles. The average molecular weight is 846 g/mol. The minimum Gasteiger partial charge on any atom is -0.309 e. The van der Waals surface area contributed by atoms with E-state index < -0.39 is 5.41 Å². The highest BCUT2D eigenvalue weighted by Crippen LogP contribution is 2.58. The first-order chi connectivity index (χ1) is 32.2. The SMILES string of the molecule is c1ccc(-n2c3ccccc3c3cc(-c4nc(-c5ccc(-c6cc7ccccc7s6)cc5)cc(-c5cccc6c5-c5ccccc5C6(c5ccccc5)c5ccccc5)n4)ccc32)cc1. The van der Waals surface area contributed by atoms with E-state index in [0.717, 1.165) is 44.7 Å². The molecule has 3 aromatic heterocycles. The van der Waals surface area contributed by atoms with Crippen LogP contribution in [0.25, 0.3) is 93.0 Å². The van der Waals surface area contributed by atoms with E-state index in [0.29, 0.717) is 5.82 Å². The van der Waals surface area contributed by atoms with Crippen LogP contribution in [0.1, 0.15) is 22.3 Å². The van der Waals surface area contributed by atoms with Crippen molar-refractivity contribution >= 4 is 43.2 Å². The molecule has 0 bridgehead atoms. The Balaban J connectivity index is 1.04. The summed E-state index contributed by atoms with van der Waals surface area (Å²) in [6, 6.07) is 85.7. The molecule has 304 valence electrons. The van der Waals surface area contributed by atoms with Crippen molar-refractivity contribution in [1.29, 1.82) is 0 Å². The second-order valence-corrected chi connectivity index (χ2v) is 17.9. The van der Waals surface area contributed by atoms with E-state index in [9.17, 15) is 0 Å². The van der Waals surface area contributed by atoms with Gasteiger partial charge in [0, 0.05) is 42.7 Å². The summed E-state index contributed by atoms with van der Waals surface area (Å²) in [5.74, 6) is 0.686. The summed E-state index contributed by atoms with van der Waals surface area (Å²) in [5.41, 5.74) is 16.4. The first-order valence-corrected chi connectivity index (χ1v) is 23.0. The molecule has 13 rings (SSSR count). The van der Waals surface area contributed by atoms with E-state index in [1.165, 1.54) is 64.8 Å². The number of fused-ring (bicyclic) bond motifs is 7. The lowest BCUT2D eigenvalue weighted by atomic mass is 9.67. The maximum Gasteiger partial charge on any atom is 0.160 e. The van der Waals surface area contributed by atoms with Gasteiger partial charge in [-0.05, 0) is 98.9 Å². The lowest BCUT2D eigenvalue weighted by Crippen LogP contribution is -2.28. The number of hydrogen-bond donors (Lipinski definition) is 0. The fourth-order valence-corrected chi connectivity index (χ4v) is 11.5. The molecule has 12 aromatic rings. The number of thiophene rings is 1. The summed E-state index contributed by atoms with van der Waals surface area (Å²) < 4.78 is 3.65. The Labute approximate surface area is 381 Å². The minimum absolute atomic E-state index is 0.524. The highest BCUT2D eigenvalue weighted by Gasteiger charge is 2.46. The molecule has 0 amide bonds. The van der Waals surface area contributed by atoms with Crippen molar-refractivity contribution in [3.63, 3.8) is 0 Å². The second-order valence-electron chi connectivity index (χ2n) is 16.9. The Kier molecular flexibility index (Phi) is 8.62. The zero-order valence-electron chi connectivity index (χ0n) is 35.3. The van der Waals surface area contributed by atoms with Crippen LogP contribution >= 0.6 is 11.3 Å². The van der Waals surface area contributed by atoms with Gasteiger partial charge in [-0.2, -0.15) is 0 Å². The van der Waals surface area contributed by atoms with Gasteiger partial charge in [0.1, 0.15) is 0 Å². The molecule has 65 heavy (non-hydrogen) atoms. The highest BCUT2D eigenvalue weighted by molar-refractivity contribution is 7.22. The van der Waals surface area contributed by atoms with Gasteiger partial charge in [0.15, 0.2) is 5.82 Å². The Morgan fingerprint density at radius 2 is 1.00 bits per heavy atom. The topological polar surface area (TPSA) is 30.7 Å². The van der Waals surface area contributed by atoms with Crippen molar-refractivity contribution in [2.24, 2.45) is 0 Å². The fraction of sp³-hybridized carbons (Fsp3) is 0.0164. The molecule has 0 saturated heterocycles. The van der Waals surface area contributed by atoms with Crippen LogP contribution in [0.15, 0.2) is 237 Å². The van der Waals surface area contributed by atoms with Crippen LogP contribution in [-0.2, 0) is 5.41 Å². The van der Waals surface area contributed by atoms with Gasteiger partial charge in [-0.3, -0.25) is 0 Å². The minimum atomic E-state index is -0.524. The number of aromatic nitrogens is 3. The third-order valence-corrected chi connectivity index (χ3v) is 14.5. The third-order valence-electron chi connectivity index (χ3n) is 13.3. The highest BCUT2D eigenvalue weighted by atomic mass is 32.1. The Morgan fingerprint density at radius 3 is 1.78 bits per heavy atom. The van der Waals surface area contributed by atoms with Crippen molar-refractivity contribution in [2.75, 3.05) is 0 Å². The van der Waals surface area contributed by atoms with E-state index in [1.54, 1.807) is 0 Å². The van der Waals surface area contributed by atoms with E-state index in [4.69, 9.17) is 9.97 Å². The Hall–Kier alpha value is -8.18. The number of hydrogen-bond acceptors (Lipinski definition) is 3. The molecule has 4 heteroatoms. The van der Waals surface area contributed by atoms with E-state index >= 15 is 0 Å². The van der Waals surface area contributed by atoms with Crippen molar-refractivity contribution in [2.45, 2.75) is 5.41 Å². The molecule has 0 spiro atoms. The van der Waals surface area contributed by atoms with Crippen LogP contribution in [0.2, 0.25) is 0 Å². The van der Waals surface area contributed by atoms with Gasteiger partial charge in [0.25, 0.3) is 0 Å². The van der Waals surface area contributed by atoms with Crippen LogP contribution in [-0.4, -0.2) is 14.5 Å². The van der Waals surface area contributed by atoms with Crippen LogP contribution in [0, 0.1) is 0 Å². The zero-order valence-corrected chi connectivity index (χ0v) is 36.1. The molecular formula is C61H39N3S. The van der Waals surface area contributed by atoms with E-state index in [-0.39, 0.29) is 0 Å². The van der Waals surface area contributed by atoms with Gasteiger partial charge in [0.05, 0.1) is 27.8 Å². The molecule has 3 nitrogen and oxygen atoms in total. The predicted octanol–water partition coefficient (Wildman–Crippen LogP) is 15.8. The number of rotatable bonds is 7. The smallest absolute Gasteiger partial charge is 0.160 e. The molecule has 0 aliphatic heterocycles. The van der Waals surface area contributed by atoms with Gasteiger partial charge in [-0.1, -0.05) is 182 Å². The number of para-hydroxylation sites is 2. The maximum atomic E-state index is 5.57. The van der Waals surface area contributed by atoms with E-state index in [2.05, 4.69) is 241 Å². The van der Waals surface area contributed by atoms with Gasteiger partial charge in [0.2, 0.25) is 0 Å². The molecule has 0 radical (unpaired) electrons. The molecule has 0 unspecified atom stereocenters. The fourth-order valence-electron chi connectivity index (χ4n) is 10.5. The van der Waals surface area contributed by atoms with Crippen molar-refractivity contribution in [3.8, 4) is 61.2 Å². The Bertz CT molecular complexity index is 3680. The predicted molar refractivity (Wildman–Crippen MR) is 271 cm³/mol. The largest absolute Gasteiger partial charge is 0.309 e. The van der Waals surface area contributed by atoms with Crippen molar-refractivity contribution in [3.05, 3.63) is 259 Å². The summed E-state index contributed by atoms with van der Waals surface area (Å²) in [5, 5.41) is 3.62. The lowest BCUT2D eigenvalue weighted by Gasteiger charge is -2.33. The molecule has 1 aliphatic carbocycles. The van der Waals surface area contributed by atoms with Crippen LogP contribution in [0.3, 0.4) is 0 Å². The zero-order chi connectivity index (χ0) is 42.9. The molecular weight excluding hydrogens is 807 g/mol. The molecule has 0 atom stereocenters. The van der Waals surface area contributed by atoms with Crippen LogP contribution < -0.4 is 0 Å². The standard InChI is InChI=1S/C61H39N3S/c1-4-18-44(19-5-1)61(45-20-6-2-7-21-45)51-27-13-11-25-48(51)59-49(26-16-28-52(59)61)54-39-53(40-31-33-41(34-32-40)58-38-42-17-10-15-30-57(42)65-58)62-60(63-54)43-35-36-56-50(37-43)47-24-12-14-29-55(47)64(56)46-22-8-3-9-23-46/h1-39H. The third kappa shape index (κ3) is 5.88. The van der Waals surface area contributed by atoms with Crippen LogP contribution in [0.4, 0.5) is 0 Å². The summed E-state index contributed by atoms with van der Waals surface area (Å²) in [7, 11) is 0. The first kappa shape index (κ1) is 37.4. The molecule has 9 aromatic carbocycles. The quantitative estimate of drug-likeness (QED) is 0.160. The summed E-state index contributed by atoms with van der Waals surface area (Å²) >= 11 is 1.83. The van der Waals surface area contributed by atoms with Crippen LogP contribution in [0.5, 0.6) is 0 Å². The maximum absolute atomic E-state index is 5.57. The molecule has 0 fully saturated rings. The summed E-state index contributed by atoms with van der Waals surface area (Å²) in [6.07, 6.45) is 0. The number of nitrogens with zero attached hydrogens (tertiary/aromatic N) is 3. The summed E-state index contributed by atoms with van der Waals surface area (Å²) in [4.78, 5) is 12.3. The molecule has 0 N–H and O–H groups in total. The molecule has 1 aliphatic rings. The monoisotopic (exact) mass is 845 g/mol. The first-order valence-electron chi connectivity index (χ1n) is 22.1. The van der Waals surface area contributed by atoms with Gasteiger partial charge in [-0.15, -0.1) is 11.3 Å². The average Bonchev–Trinajstić information content (AvgIpc) is 4.06. The van der Waals surface area contributed by atoms with Crippen molar-refractivity contribution < 1.29 is 0 Å². The normalized spacial score (nSPS) is 12.7. The van der Waals surface area contributed by atoms with Crippen molar-refractivity contribution in [1.82, 2.24) is 14.5 Å². The van der Waals surface area contributed by atoms with Gasteiger partial charge in [-0.25, -0.2) is 9.97 Å². The molecule has 3 heterocycles. The van der Waals surface area contributed by atoms with Gasteiger partial charge >= 0.3 is 0 Å².